The number of rotatable bonds is 4. The van der Waals surface area contributed by atoms with Crippen LogP contribution in [-0.4, -0.2) is 24.7 Å². The van der Waals surface area contributed by atoms with Crippen molar-refractivity contribution in [3.8, 4) is 0 Å². The lowest BCUT2D eigenvalue weighted by Gasteiger charge is -2.27. The number of nitrogens with zero attached hydrogens (tertiary/aromatic N) is 1. The number of nitrogens with two attached hydrogens (primary N) is 2. The third kappa shape index (κ3) is 3.30. The summed E-state index contributed by atoms with van der Waals surface area (Å²) in [7, 11) is 0. The van der Waals surface area contributed by atoms with Crippen LogP contribution in [0.4, 0.5) is 24.5 Å². The van der Waals surface area contributed by atoms with E-state index in [9.17, 15) is 18.0 Å². The molecule has 19 heavy (non-hydrogen) atoms. The number of halogens is 3. The van der Waals surface area contributed by atoms with Gasteiger partial charge >= 0.3 is 6.18 Å². The fourth-order valence-electron chi connectivity index (χ4n) is 1.94. The van der Waals surface area contributed by atoms with Gasteiger partial charge in [-0.15, -0.1) is 0 Å². The lowest BCUT2D eigenvalue weighted by atomic mass is 10.1. The van der Waals surface area contributed by atoms with Gasteiger partial charge in [-0.1, -0.05) is 0 Å². The Balaban J connectivity index is 2.35. The molecular formula is C12H14F3N3O. The van der Waals surface area contributed by atoms with E-state index >= 15 is 0 Å². The van der Waals surface area contributed by atoms with Gasteiger partial charge in [0, 0.05) is 11.6 Å². The molecule has 0 spiro atoms. The molecule has 0 radical (unpaired) electrons. The molecule has 0 heterocycles. The minimum absolute atomic E-state index is 0.150. The predicted molar refractivity (Wildman–Crippen MR) is 65.8 cm³/mol. The molecule has 2 rings (SSSR count). The van der Waals surface area contributed by atoms with Gasteiger partial charge in [-0.05, 0) is 31.0 Å². The molecule has 0 aromatic heterocycles. The number of primary amides is 1. The molecule has 1 amide bonds. The molecule has 0 bridgehead atoms. The molecule has 0 saturated heterocycles. The maximum atomic E-state index is 12.6. The summed E-state index contributed by atoms with van der Waals surface area (Å²) in [6.07, 6.45) is -2.94. The van der Waals surface area contributed by atoms with Crippen LogP contribution in [0.5, 0.6) is 0 Å². The predicted octanol–water partition coefficient (Wildman–Crippen LogP) is 1.90. The molecule has 0 unspecified atom stereocenters. The SMILES string of the molecule is NC(=O)c1ccc(N)c(N(CC(F)(F)F)C2CC2)c1. The van der Waals surface area contributed by atoms with Gasteiger partial charge in [0.25, 0.3) is 0 Å². The Hall–Kier alpha value is -1.92. The summed E-state index contributed by atoms with van der Waals surface area (Å²) in [4.78, 5) is 12.3. The van der Waals surface area contributed by atoms with Gasteiger partial charge in [-0.3, -0.25) is 4.79 Å². The number of benzene rings is 1. The molecule has 0 atom stereocenters. The van der Waals surface area contributed by atoms with Gasteiger partial charge in [0.05, 0.1) is 11.4 Å². The molecule has 1 aliphatic carbocycles. The summed E-state index contributed by atoms with van der Waals surface area (Å²) >= 11 is 0. The fourth-order valence-corrected chi connectivity index (χ4v) is 1.94. The smallest absolute Gasteiger partial charge is 0.397 e. The number of hydrogen-bond acceptors (Lipinski definition) is 3. The van der Waals surface area contributed by atoms with Gasteiger partial charge in [0.1, 0.15) is 6.54 Å². The van der Waals surface area contributed by atoms with Crippen LogP contribution in [0.1, 0.15) is 23.2 Å². The minimum atomic E-state index is -4.32. The maximum absolute atomic E-state index is 12.6. The molecule has 4 N–H and O–H groups in total. The molecule has 1 aliphatic rings. The zero-order valence-electron chi connectivity index (χ0n) is 10.1. The Bertz CT molecular complexity index is 497. The van der Waals surface area contributed by atoms with Crippen molar-refractivity contribution in [1.29, 1.82) is 0 Å². The molecule has 4 nitrogen and oxygen atoms in total. The Morgan fingerprint density at radius 2 is 2.00 bits per heavy atom. The maximum Gasteiger partial charge on any atom is 0.405 e. The minimum Gasteiger partial charge on any atom is -0.397 e. The monoisotopic (exact) mass is 273 g/mol. The van der Waals surface area contributed by atoms with Crippen LogP contribution in [0.2, 0.25) is 0 Å². The van der Waals surface area contributed by atoms with Gasteiger partial charge in [0.15, 0.2) is 0 Å². The molecular weight excluding hydrogens is 259 g/mol. The van der Waals surface area contributed by atoms with Crippen molar-refractivity contribution < 1.29 is 18.0 Å². The summed E-state index contributed by atoms with van der Waals surface area (Å²) in [5, 5.41) is 0. The first-order valence-electron chi connectivity index (χ1n) is 5.80. The number of alkyl halides is 3. The molecule has 1 aromatic rings. The zero-order chi connectivity index (χ0) is 14.2. The van der Waals surface area contributed by atoms with E-state index in [0.717, 1.165) is 0 Å². The van der Waals surface area contributed by atoms with Crippen LogP contribution < -0.4 is 16.4 Å². The van der Waals surface area contributed by atoms with E-state index in [0.29, 0.717) is 12.8 Å². The van der Waals surface area contributed by atoms with E-state index in [2.05, 4.69) is 0 Å². The third-order valence-electron chi connectivity index (χ3n) is 2.96. The number of carbonyl (C=O) groups is 1. The summed E-state index contributed by atoms with van der Waals surface area (Å²) in [5.74, 6) is -0.691. The molecule has 7 heteroatoms. The van der Waals surface area contributed by atoms with E-state index in [1.807, 2.05) is 0 Å². The Morgan fingerprint density at radius 1 is 1.37 bits per heavy atom. The molecule has 0 aliphatic heterocycles. The first-order valence-corrected chi connectivity index (χ1v) is 5.80. The van der Waals surface area contributed by atoms with Gasteiger partial charge < -0.3 is 16.4 Å². The molecule has 104 valence electrons. The van der Waals surface area contributed by atoms with E-state index in [-0.39, 0.29) is 23.0 Å². The van der Waals surface area contributed by atoms with E-state index < -0.39 is 18.6 Å². The van der Waals surface area contributed by atoms with E-state index in [1.165, 1.54) is 23.1 Å². The van der Waals surface area contributed by atoms with Crippen molar-refractivity contribution in [2.75, 3.05) is 17.2 Å². The topological polar surface area (TPSA) is 72.3 Å². The highest BCUT2D eigenvalue weighted by Crippen LogP contribution is 2.37. The zero-order valence-corrected chi connectivity index (χ0v) is 10.1. The lowest BCUT2D eigenvalue weighted by Crippen LogP contribution is -2.36. The van der Waals surface area contributed by atoms with Crippen molar-refractivity contribution >= 4 is 17.3 Å². The van der Waals surface area contributed by atoms with Crippen molar-refractivity contribution in [2.24, 2.45) is 5.73 Å². The van der Waals surface area contributed by atoms with Crippen LogP contribution in [0, 0.1) is 0 Å². The Kier molecular flexibility index (Phi) is 3.30. The average Bonchev–Trinajstić information content (AvgIpc) is 3.09. The summed E-state index contributed by atoms with van der Waals surface area (Å²) in [5.41, 5.74) is 11.4. The second kappa shape index (κ2) is 4.64. The van der Waals surface area contributed by atoms with E-state index in [4.69, 9.17) is 11.5 Å². The number of anilines is 2. The molecule has 1 saturated carbocycles. The highest BCUT2D eigenvalue weighted by Gasteiger charge is 2.38. The lowest BCUT2D eigenvalue weighted by molar-refractivity contribution is -0.119. The largest absolute Gasteiger partial charge is 0.405 e. The normalized spacial score (nSPS) is 15.3. The first kappa shape index (κ1) is 13.5. The Morgan fingerprint density at radius 3 is 2.47 bits per heavy atom. The van der Waals surface area contributed by atoms with Crippen molar-refractivity contribution in [1.82, 2.24) is 0 Å². The van der Waals surface area contributed by atoms with Crippen molar-refractivity contribution in [3.05, 3.63) is 23.8 Å². The van der Waals surface area contributed by atoms with Crippen LogP contribution in [-0.2, 0) is 0 Å². The van der Waals surface area contributed by atoms with Gasteiger partial charge in [0.2, 0.25) is 5.91 Å². The second-order valence-corrected chi connectivity index (χ2v) is 4.61. The van der Waals surface area contributed by atoms with Gasteiger partial charge in [-0.2, -0.15) is 13.2 Å². The second-order valence-electron chi connectivity index (χ2n) is 4.61. The highest BCUT2D eigenvalue weighted by molar-refractivity contribution is 5.95. The van der Waals surface area contributed by atoms with Crippen LogP contribution in [0.3, 0.4) is 0 Å². The van der Waals surface area contributed by atoms with Crippen molar-refractivity contribution in [3.63, 3.8) is 0 Å². The van der Waals surface area contributed by atoms with Crippen molar-refractivity contribution in [2.45, 2.75) is 25.1 Å². The standard InChI is InChI=1S/C12H14F3N3O/c13-12(14,15)6-18(8-2-3-8)10-5-7(11(17)19)1-4-9(10)16/h1,4-5,8H,2-3,6,16H2,(H2,17,19). The highest BCUT2D eigenvalue weighted by atomic mass is 19.4. The summed E-state index contributed by atoms with van der Waals surface area (Å²) < 4.78 is 37.8. The average molecular weight is 273 g/mol. The summed E-state index contributed by atoms with van der Waals surface area (Å²) in [6, 6.07) is 3.95. The quantitative estimate of drug-likeness (QED) is 0.823. The summed E-state index contributed by atoms with van der Waals surface area (Å²) in [6.45, 7) is -1.08. The van der Waals surface area contributed by atoms with E-state index in [1.54, 1.807) is 0 Å². The number of hydrogen-bond donors (Lipinski definition) is 2. The fraction of sp³-hybridized carbons (Fsp3) is 0.417. The van der Waals surface area contributed by atoms with Crippen LogP contribution >= 0.6 is 0 Å². The van der Waals surface area contributed by atoms with Crippen LogP contribution in [0.15, 0.2) is 18.2 Å². The number of carbonyl (C=O) groups excluding carboxylic acids is 1. The molecule has 1 fully saturated rings. The number of amides is 1. The Labute approximate surface area is 108 Å². The van der Waals surface area contributed by atoms with Gasteiger partial charge in [-0.25, -0.2) is 0 Å². The first-order chi connectivity index (χ1) is 8.78. The molecule has 1 aromatic carbocycles. The number of nitrogen functional groups attached to an aromatic ring is 1. The third-order valence-corrected chi connectivity index (χ3v) is 2.96. The van der Waals surface area contributed by atoms with Crippen LogP contribution in [0.25, 0.3) is 0 Å².